The van der Waals surface area contributed by atoms with Crippen LogP contribution < -0.4 is 0 Å². The maximum Gasteiger partial charge on any atom is 0.306 e. The lowest BCUT2D eigenvalue weighted by atomic mass is 10.1. The molecule has 6 heteroatoms. The van der Waals surface area contributed by atoms with Crippen molar-refractivity contribution in [3.63, 3.8) is 0 Å². The van der Waals surface area contributed by atoms with Crippen molar-refractivity contribution in [2.24, 2.45) is 0 Å². The molecule has 0 aromatic carbocycles. The largest absolute Gasteiger partial charge is 0.462 e. The van der Waals surface area contributed by atoms with E-state index in [1.54, 1.807) is 0 Å². The summed E-state index contributed by atoms with van der Waals surface area (Å²) in [6.45, 7) is 6.44. The number of carbonyl (C=O) groups excluding carboxylic acids is 3. The van der Waals surface area contributed by atoms with Gasteiger partial charge in [-0.15, -0.1) is 0 Å². The topological polar surface area (TPSA) is 78.9 Å². The zero-order valence-electron chi connectivity index (χ0n) is 45.0. The highest BCUT2D eigenvalue weighted by atomic mass is 16.6. The summed E-state index contributed by atoms with van der Waals surface area (Å²) in [6, 6.07) is 0. The third-order valence-electron chi connectivity index (χ3n) is 12.0. The molecule has 0 spiro atoms. The maximum atomic E-state index is 12.8. The number of carbonyl (C=O) groups is 3. The normalized spacial score (nSPS) is 12.8. The molecule has 0 saturated carbocycles. The Balaban J connectivity index is 4.48. The van der Waals surface area contributed by atoms with Crippen molar-refractivity contribution >= 4 is 17.9 Å². The molecule has 0 aliphatic heterocycles. The molecule has 0 N–H and O–H groups in total. The summed E-state index contributed by atoms with van der Waals surface area (Å²) in [4.78, 5) is 38.1. The van der Waals surface area contributed by atoms with Gasteiger partial charge in [0.25, 0.3) is 0 Å². The molecule has 0 aliphatic rings. The minimum absolute atomic E-state index is 0.106. The van der Waals surface area contributed by atoms with Gasteiger partial charge in [-0.1, -0.05) is 227 Å². The average molecular weight is 960 g/mol. The fourth-order valence-corrected chi connectivity index (χ4v) is 7.74. The van der Waals surface area contributed by atoms with Crippen molar-refractivity contribution in [3.05, 3.63) is 97.2 Å². The Hall–Kier alpha value is -3.67. The Morgan fingerprint density at radius 1 is 0.304 bits per heavy atom. The summed E-state index contributed by atoms with van der Waals surface area (Å²) < 4.78 is 16.8. The molecule has 0 radical (unpaired) electrons. The highest BCUT2D eigenvalue weighted by molar-refractivity contribution is 5.71. The molecule has 0 saturated heterocycles. The van der Waals surface area contributed by atoms with E-state index >= 15 is 0 Å². The van der Waals surface area contributed by atoms with Gasteiger partial charge in [0.2, 0.25) is 0 Å². The maximum absolute atomic E-state index is 12.8. The first-order chi connectivity index (χ1) is 34.0. The number of ether oxygens (including phenoxy) is 3. The number of hydrogen-bond donors (Lipinski definition) is 0. The summed E-state index contributed by atoms with van der Waals surface area (Å²) in [7, 11) is 0. The van der Waals surface area contributed by atoms with Crippen LogP contribution in [0.15, 0.2) is 97.2 Å². The fraction of sp³-hybridized carbons (Fsp3) is 0.698. The predicted octanol–water partition coefficient (Wildman–Crippen LogP) is 19.3. The molecule has 0 aromatic heterocycles. The van der Waals surface area contributed by atoms with Crippen LogP contribution in [-0.4, -0.2) is 37.2 Å². The molecule has 0 aliphatic carbocycles. The molecule has 0 amide bonds. The van der Waals surface area contributed by atoms with Gasteiger partial charge < -0.3 is 14.2 Å². The van der Waals surface area contributed by atoms with Gasteiger partial charge in [0, 0.05) is 19.3 Å². The number of rotatable bonds is 51. The molecule has 0 fully saturated rings. The van der Waals surface area contributed by atoms with Gasteiger partial charge in [0.15, 0.2) is 6.10 Å². The Kier molecular flexibility index (Phi) is 53.9. The monoisotopic (exact) mass is 959 g/mol. The molecule has 6 nitrogen and oxygen atoms in total. The molecule has 0 heterocycles. The SMILES string of the molecule is CC/C=C\C/C=C\C/C=C\CCCCCCCC(=O)OC[C@H](COC(=O)CCCCCCCCCCC/C=C\CCCCCCCC)OC(=O)CCC/C=C\C/C=C\C/C=C\C/C=C\CCCCC. The van der Waals surface area contributed by atoms with E-state index in [9.17, 15) is 14.4 Å². The third-order valence-corrected chi connectivity index (χ3v) is 12.0. The first-order valence-electron chi connectivity index (χ1n) is 28.7. The lowest BCUT2D eigenvalue weighted by Gasteiger charge is -2.18. The molecule has 0 aromatic rings. The molecule has 394 valence electrons. The summed E-state index contributed by atoms with van der Waals surface area (Å²) in [5.41, 5.74) is 0. The van der Waals surface area contributed by atoms with E-state index < -0.39 is 6.10 Å². The zero-order chi connectivity index (χ0) is 50.0. The van der Waals surface area contributed by atoms with Crippen molar-refractivity contribution in [1.82, 2.24) is 0 Å². The Labute approximate surface area is 426 Å². The van der Waals surface area contributed by atoms with E-state index in [1.165, 1.54) is 116 Å². The van der Waals surface area contributed by atoms with Crippen LogP contribution in [0.1, 0.15) is 265 Å². The molecule has 0 rings (SSSR count). The van der Waals surface area contributed by atoms with Crippen LogP contribution in [0.3, 0.4) is 0 Å². The summed E-state index contributed by atoms with van der Waals surface area (Å²) >= 11 is 0. The molecular weight excluding hydrogens is 853 g/mol. The van der Waals surface area contributed by atoms with Gasteiger partial charge >= 0.3 is 17.9 Å². The lowest BCUT2D eigenvalue weighted by molar-refractivity contribution is -0.167. The third kappa shape index (κ3) is 55.1. The minimum Gasteiger partial charge on any atom is -0.462 e. The molecule has 0 bridgehead atoms. The van der Waals surface area contributed by atoms with E-state index in [1.807, 2.05) is 0 Å². The van der Waals surface area contributed by atoms with E-state index in [-0.39, 0.29) is 37.5 Å². The van der Waals surface area contributed by atoms with Gasteiger partial charge in [-0.3, -0.25) is 14.4 Å². The summed E-state index contributed by atoms with van der Waals surface area (Å²) in [5.74, 6) is -0.980. The standard InChI is InChI=1S/C63H106O6/c1-4-7-10-13-16-19-22-25-28-30-31-33-35-38-41-44-47-50-53-56-62(65)68-59-60(58-67-61(64)55-52-49-46-43-40-37-34-27-24-21-18-15-12-9-6-3)69-63(66)57-54-51-48-45-42-39-36-32-29-26-23-20-17-14-11-8-5-2/h9,12,17-18,20-21,25-29,34,36,39,45,48,60H,4-8,10-11,13-16,19,22-24,30-33,35,37-38,40-44,46-47,49-59H2,1-3H3/b12-9-,20-17-,21-18-,28-25-,29-26-,34-27-,39-36-,48-45-/t60-/m1/s1. The molecule has 0 unspecified atom stereocenters. The minimum atomic E-state index is -0.815. The van der Waals surface area contributed by atoms with Crippen molar-refractivity contribution in [1.29, 1.82) is 0 Å². The first kappa shape index (κ1) is 65.3. The number of unbranched alkanes of at least 4 members (excludes halogenated alkanes) is 24. The van der Waals surface area contributed by atoms with Crippen LogP contribution in [0.2, 0.25) is 0 Å². The van der Waals surface area contributed by atoms with Gasteiger partial charge in [-0.05, 0) is 116 Å². The molecule has 69 heavy (non-hydrogen) atoms. The predicted molar refractivity (Wildman–Crippen MR) is 297 cm³/mol. The van der Waals surface area contributed by atoms with E-state index in [4.69, 9.17) is 14.2 Å². The van der Waals surface area contributed by atoms with E-state index in [0.29, 0.717) is 19.3 Å². The summed E-state index contributed by atoms with van der Waals surface area (Å²) in [6.07, 6.45) is 75.4. The second kappa shape index (κ2) is 56.9. The highest BCUT2D eigenvalue weighted by Crippen LogP contribution is 2.14. The van der Waals surface area contributed by atoms with Crippen molar-refractivity contribution in [2.45, 2.75) is 271 Å². The number of hydrogen-bond acceptors (Lipinski definition) is 6. The van der Waals surface area contributed by atoms with Crippen LogP contribution >= 0.6 is 0 Å². The fourth-order valence-electron chi connectivity index (χ4n) is 7.74. The zero-order valence-corrected chi connectivity index (χ0v) is 45.0. The average Bonchev–Trinajstić information content (AvgIpc) is 3.35. The Bertz CT molecular complexity index is 1380. The van der Waals surface area contributed by atoms with Crippen molar-refractivity contribution in [2.75, 3.05) is 13.2 Å². The van der Waals surface area contributed by atoms with Crippen molar-refractivity contribution < 1.29 is 28.6 Å². The van der Waals surface area contributed by atoms with Crippen LogP contribution in [0.5, 0.6) is 0 Å². The Morgan fingerprint density at radius 2 is 0.580 bits per heavy atom. The quantitative estimate of drug-likeness (QED) is 0.0262. The lowest BCUT2D eigenvalue weighted by Crippen LogP contribution is -2.30. The number of allylic oxidation sites excluding steroid dienone is 16. The van der Waals surface area contributed by atoms with Gasteiger partial charge in [-0.2, -0.15) is 0 Å². The van der Waals surface area contributed by atoms with Crippen molar-refractivity contribution in [3.8, 4) is 0 Å². The second-order valence-corrected chi connectivity index (χ2v) is 18.8. The van der Waals surface area contributed by atoms with Gasteiger partial charge in [0.1, 0.15) is 13.2 Å². The Morgan fingerprint density at radius 3 is 0.971 bits per heavy atom. The first-order valence-corrected chi connectivity index (χ1v) is 28.7. The van der Waals surface area contributed by atoms with Crippen LogP contribution in [-0.2, 0) is 28.6 Å². The molecular formula is C63H106O6. The number of esters is 3. The highest BCUT2D eigenvalue weighted by Gasteiger charge is 2.19. The van der Waals surface area contributed by atoms with Crippen LogP contribution in [0.25, 0.3) is 0 Å². The van der Waals surface area contributed by atoms with Gasteiger partial charge in [0.05, 0.1) is 0 Å². The smallest absolute Gasteiger partial charge is 0.306 e. The second-order valence-electron chi connectivity index (χ2n) is 18.8. The van der Waals surface area contributed by atoms with E-state index in [0.717, 1.165) is 103 Å². The van der Waals surface area contributed by atoms with E-state index in [2.05, 4.69) is 118 Å². The van der Waals surface area contributed by atoms with Crippen LogP contribution in [0, 0.1) is 0 Å². The molecule has 1 atom stereocenters. The summed E-state index contributed by atoms with van der Waals surface area (Å²) in [5, 5.41) is 0. The van der Waals surface area contributed by atoms with Crippen LogP contribution in [0.4, 0.5) is 0 Å². The van der Waals surface area contributed by atoms with Gasteiger partial charge in [-0.25, -0.2) is 0 Å².